The molecule has 0 unspecified atom stereocenters. The van der Waals surface area contributed by atoms with Crippen LogP contribution < -0.4 is 5.32 Å². The van der Waals surface area contributed by atoms with Crippen LogP contribution in [0.4, 0.5) is 0 Å². The number of amides is 2. The van der Waals surface area contributed by atoms with Crippen molar-refractivity contribution in [1.29, 1.82) is 0 Å². The van der Waals surface area contributed by atoms with Gasteiger partial charge in [0.1, 0.15) is 5.82 Å². The molecular weight excluding hydrogens is 430 g/mol. The van der Waals surface area contributed by atoms with E-state index in [9.17, 15) is 9.59 Å². The van der Waals surface area contributed by atoms with Crippen LogP contribution in [0.5, 0.6) is 0 Å². The van der Waals surface area contributed by atoms with Crippen molar-refractivity contribution in [3.8, 4) is 0 Å². The van der Waals surface area contributed by atoms with Gasteiger partial charge in [-0.2, -0.15) is 0 Å². The maximum absolute atomic E-state index is 13.1. The van der Waals surface area contributed by atoms with Crippen molar-refractivity contribution in [2.45, 2.75) is 60.0 Å². The minimum absolute atomic E-state index is 0.107. The maximum Gasteiger partial charge on any atom is 0.289 e. The van der Waals surface area contributed by atoms with Gasteiger partial charge in [-0.05, 0) is 51.3 Å². The van der Waals surface area contributed by atoms with E-state index in [0.717, 1.165) is 34.8 Å². The van der Waals surface area contributed by atoms with Crippen molar-refractivity contribution in [3.05, 3.63) is 70.2 Å². The molecule has 1 atom stereocenters. The van der Waals surface area contributed by atoms with Crippen molar-refractivity contribution in [3.63, 3.8) is 0 Å². The molecule has 0 fully saturated rings. The first-order chi connectivity index (χ1) is 16.2. The molecule has 0 saturated carbocycles. The fourth-order valence-electron chi connectivity index (χ4n) is 4.59. The Morgan fingerprint density at radius 2 is 1.79 bits per heavy atom. The van der Waals surface area contributed by atoms with E-state index in [1.165, 1.54) is 0 Å². The largest absolute Gasteiger partial charge is 0.459 e. The molecule has 1 N–H and O–H groups in total. The van der Waals surface area contributed by atoms with Crippen LogP contribution in [0.1, 0.15) is 75.6 Å². The lowest BCUT2D eigenvalue weighted by atomic mass is 10.0. The standard InChI is InChI=1S/C26H33N5O3/c1-16(2)12-21(27-25(32)20-14-17(3)13-18(4)15-20)24-29-28-22-6-8-30(9-10-31(22)24)26(33)23-19(5)7-11-34-23/h7,11,13-16,21H,6,8-10,12H2,1-5H3,(H,27,32)/t21-/m0/s1. The Kier molecular flexibility index (Phi) is 6.86. The van der Waals surface area contributed by atoms with Crippen molar-refractivity contribution >= 4 is 11.8 Å². The Balaban J connectivity index is 1.55. The molecule has 1 aromatic carbocycles. The van der Waals surface area contributed by atoms with Gasteiger partial charge in [0, 0.05) is 37.2 Å². The highest BCUT2D eigenvalue weighted by atomic mass is 16.3. The third-order valence-electron chi connectivity index (χ3n) is 6.21. The molecule has 34 heavy (non-hydrogen) atoms. The third-order valence-corrected chi connectivity index (χ3v) is 6.21. The number of carbonyl (C=O) groups excluding carboxylic acids is 2. The lowest BCUT2D eigenvalue weighted by molar-refractivity contribution is 0.0725. The number of hydrogen-bond donors (Lipinski definition) is 1. The molecule has 0 saturated heterocycles. The Labute approximate surface area is 200 Å². The number of rotatable bonds is 6. The lowest BCUT2D eigenvalue weighted by Crippen LogP contribution is -2.35. The highest BCUT2D eigenvalue weighted by Gasteiger charge is 2.29. The van der Waals surface area contributed by atoms with Gasteiger partial charge in [0.05, 0.1) is 12.3 Å². The molecule has 3 aromatic rings. The van der Waals surface area contributed by atoms with Gasteiger partial charge in [0.2, 0.25) is 0 Å². The lowest BCUT2D eigenvalue weighted by Gasteiger charge is -2.22. The van der Waals surface area contributed by atoms with Crippen LogP contribution in [-0.4, -0.2) is 44.6 Å². The number of nitrogens with zero attached hydrogens (tertiary/aromatic N) is 4. The SMILES string of the molecule is Cc1cc(C)cc(C(=O)N[C@@H](CC(C)C)c2nnc3n2CCN(C(=O)c2occc2C)CC3)c1. The van der Waals surface area contributed by atoms with Crippen molar-refractivity contribution < 1.29 is 14.0 Å². The van der Waals surface area contributed by atoms with E-state index in [-0.39, 0.29) is 17.9 Å². The topological polar surface area (TPSA) is 93.3 Å². The zero-order chi connectivity index (χ0) is 24.4. The van der Waals surface area contributed by atoms with Gasteiger partial charge in [-0.3, -0.25) is 9.59 Å². The van der Waals surface area contributed by atoms with Crippen LogP contribution in [0.2, 0.25) is 0 Å². The second-order valence-electron chi connectivity index (χ2n) is 9.63. The smallest absolute Gasteiger partial charge is 0.289 e. The maximum atomic E-state index is 13.1. The molecule has 1 aliphatic rings. The molecule has 3 heterocycles. The molecule has 180 valence electrons. The summed E-state index contributed by atoms with van der Waals surface area (Å²) in [4.78, 5) is 27.9. The second-order valence-corrected chi connectivity index (χ2v) is 9.63. The predicted molar refractivity (Wildman–Crippen MR) is 129 cm³/mol. The summed E-state index contributed by atoms with van der Waals surface area (Å²) in [5.74, 6) is 2.08. The molecular formula is C26H33N5O3. The minimum atomic E-state index is -0.274. The van der Waals surface area contributed by atoms with Gasteiger partial charge in [-0.25, -0.2) is 0 Å². The summed E-state index contributed by atoms with van der Waals surface area (Å²) in [6, 6.07) is 7.38. The predicted octanol–water partition coefficient (Wildman–Crippen LogP) is 4.01. The van der Waals surface area contributed by atoms with Gasteiger partial charge < -0.3 is 19.2 Å². The van der Waals surface area contributed by atoms with Gasteiger partial charge in [0.25, 0.3) is 11.8 Å². The van der Waals surface area contributed by atoms with E-state index in [1.54, 1.807) is 17.2 Å². The van der Waals surface area contributed by atoms with Crippen molar-refractivity contribution in [2.75, 3.05) is 13.1 Å². The number of fused-ring (bicyclic) bond motifs is 1. The van der Waals surface area contributed by atoms with E-state index >= 15 is 0 Å². The fourth-order valence-corrected chi connectivity index (χ4v) is 4.59. The molecule has 8 nitrogen and oxygen atoms in total. The average molecular weight is 464 g/mol. The minimum Gasteiger partial charge on any atom is -0.459 e. The molecule has 8 heteroatoms. The number of aryl methyl sites for hydroxylation is 3. The van der Waals surface area contributed by atoms with E-state index < -0.39 is 0 Å². The van der Waals surface area contributed by atoms with Gasteiger partial charge >= 0.3 is 0 Å². The number of furan rings is 1. The first-order valence-corrected chi connectivity index (χ1v) is 11.9. The first kappa shape index (κ1) is 23.7. The first-order valence-electron chi connectivity index (χ1n) is 11.9. The van der Waals surface area contributed by atoms with Crippen molar-refractivity contribution in [1.82, 2.24) is 25.0 Å². The van der Waals surface area contributed by atoms with E-state index in [2.05, 4.69) is 40.0 Å². The summed E-state index contributed by atoms with van der Waals surface area (Å²) in [5.41, 5.74) is 3.59. The zero-order valence-electron chi connectivity index (χ0n) is 20.6. The molecule has 0 radical (unpaired) electrons. The summed E-state index contributed by atoms with van der Waals surface area (Å²) < 4.78 is 7.48. The number of benzene rings is 1. The highest BCUT2D eigenvalue weighted by Crippen LogP contribution is 2.24. The van der Waals surface area contributed by atoms with Gasteiger partial charge in [-0.1, -0.05) is 31.0 Å². The summed E-state index contributed by atoms with van der Waals surface area (Å²) in [7, 11) is 0. The Bertz CT molecular complexity index is 1170. The molecule has 1 aliphatic heterocycles. The summed E-state index contributed by atoms with van der Waals surface area (Å²) >= 11 is 0. The van der Waals surface area contributed by atoms with Gasteiger partial charge in [-0.15, -0.1) is 10.2 Å². The van der Waals surface area contributed by atoms with Crippen molar-refractivity contribution in [2.24, 2.45) is 5.92 Å². The van der Waals surface area contributed by atoms with E-state index in [4.69, 9.17) is 4.42 Å². The molecule has 2 amide bonds. The summed E-state index contributed by atoms with van der Waals surface area (Å²) in [6.07, 6.45) is 2.88. The van der Waals surface area contributed by atoms with Crippen LogP contribution in [0, 0.1) is 26.7 Å². The summed E-state index contributed by atoms with van der Waals surface area (Å²) in [6.45, 7) is 11.7. The zero-order valence-corrected chi connectivity index (χ0v) is 20.6. The third kappa shape index (κ3) is 5.05. The highest BCUT2D eigenvalue weighted by molar-refractivity contribution is 5.95. The fraction of sp³-hybridized carbons (Fsp3) is 0.462. The number of hydrogen-bond acceptors (Lipinski definition) is 5. The van der Waals surface area contributed by atoms with Crippen LogP contribution in [-0.2, 0) is 13.0 Å². The number of carbonyl (C=O) groups is 2. The van der Waals surface area contributed by atoms with Crippen LogP contribution in [0.3, 0.4) is 0 Å². The number of aromatic nitrogens is 3. The summed E-state index contributed by atoms with van der Waals surface area (Å²) in [5, 5.41) is 12.1. The molecule has 0 aliphatic carbocycles. The Morgan fingerprint density at radius 1 is 1.06 bits per heavy atom. The van der Waals surface area contributed by atoms with E-state index in [0.29, 0.717) is 43.3 Å². The van der Waals surface area contributed by atoms with Gasteiger partial charge in [0.15, 0.2) is 11.6 Å². The second kappa shape index (κ2) is 9.83. The number of nitrogens with one attached hydrogen (secondary N) is 1. The molecule has 2 aromatic heterocycles. The Hall–Kier alpha value is -3.42. The quantitative estimate of drug-likeness (QED) is 0.596. The van der Waals surface area contributed by atoms with Crippen LogP contribution >= 0.6 is 0 Å². The average Bonchev–Trinajstić information content (AvgIpc) is 3.32. The Morgan fingerprint density at radius 3 is 2.44 bits per heavy atom. The molecule has 0 bridgehead atoms. The van der Waals surface area contributed by atoms with Crippen LogP contribution in [0.15, 0.2) is 34.9 Å². The molecule has 4 rings (SSSR count). The normalized spacial score (nSPS) is 14.6. The van der Waals surface area contributed by atoms with E-state index in [1.807, 2.05) is 32.9 Å². The monoisotopic (exact) mass is 463 g/mol. The molecule has 0 spiro atoms. The van der Waals surface area contributed by atoms with Crippen LogP contribution in [0.25, 0.3) is 0 Å².